The van der Waals surface area contributed by atoms with Crippen LogP contribution in [0.25, 0.3) is 0 Å². The first-order valence-electron chi connectivity index (χ1n) is 6.88. The van der Waals surface area contributed by atoms with Crippen LogP contribution in [0.1, 0.15) is 64.2 Å². The topological polar surface area (TPSA) is 0 Å². The second-order valence-corrected chi connectivity index (χ2v) is 15.9. The quantitative estimate of drug-likeness (QED) is 0.658. The molecule has 2 aliphatic rings. The fourth-order valence-electron chi connectivity index (χ4n) is 3.70. The monoisotopic (exact) mass is 302 g/mol. The van der Waals surface area contributed by atoms with Gasteiger partial charge in [-0.25, -0.2) is 0 Å². The van der Waals surface area contributed by atoms with Crippen molar-refractivity contribution < 1.29 is 0 Å². The van der Waals surface area contributed by atoms with Crippen molar-refractivity contribution in [3.05, 3.63) is 0 Å². The number of hydrogen-bond donors (Lipinski definition) is 0. The molecule has 0 bridgehead atoms. The molecule has 0 nitrogen and oxygen atoms in total. The van der Waals surface area contributed by atoms with Crippen molar-refractivity contribution in [3.63, 3.8) is 0 Å². The molecule has 0 aromatic carbocycles. The molecule has 2 saturated carbocycles. The summed E-state index contributed by atoms with van der Waals surface area (Å²) in [6.07, 6.45) is 15.9. The van der Waals surface area contributed by atoms with Crippen molar-refractivity contribution in [2.75, 3.05) is 0 Å². The van der Waals surface area contributed by atoms with Gasteiger partial charge in [0.25, 0.3) is 0 Å². The van der Waals surface area contributed by atoms with Gasteiger partial charge in [0.1, 0.15) is 0 Å². The van der Waals surface area contributed by atoms with E-state index in [4.69, 9.17) is 0 Å². The van der Waals surface area contributed by atoms with Gasteiger partial charge in [0.15, 0.2) is 0 Å². The summed E-state index contributed by atoms with van der Waals surface area (Å²) in [6, 6.07) is 0. The van der Waals surface area contributed by atoms with Gasteiger partial charge in [-0.05, 0) is 0 Å². The van der Waals surface area contributed by atoms with Crippen LogP contribution in [0.4, 0.5) is 0 Å². The normalized spacial score (nSPS) is 27.0. The van der Waals surface area contributed by atoms with Gasteiger partial charge in [-0.3, -0.25) is 0 Å². The Morgan fingerprint density at radius 1 is 0.643 bits per heavy atom. The molecule has 1 heteroatoms. The van der Waals surface area contributed by atoms with E-state index in [1.54, 1.807) is 64.2 Å². The van der Waals surface area contributed by atoms with E-state index in [2.05, 4.69) is 4.94 Å². The zero-order valence-electron chi connectivity index (χ0n) is 9.80. The molecule has 0 atom stereocenters. The molecule has 0 spiro atoms. The van der Waals surface area contributed by atoms with E-state index in [9.17, 15) is 0 Å². The van der Waals surface area contributed by atoms with Crippen LogP contribution in [0.2, 0.25) is 12.8 Å². The van der Waals surface area contributed by atoms with E-state index in [0.29, 0.717) is 0 Å². The summed E-state index contributed by atoms with van der Waals surface area (Å²) in [5, 5.41) is 0. The minimum absolute atomic E-state index is 1.08. The van der Waals surface area contributed by atoms with E-state index < -0.39 is 19.8 Å². The fourth-order valence-corrected chi connectivity index (χ4v) is 14.6. The molecule has 14 heavy (non-hydrogen) atoms. The Balaban J connectivity index is 1.82. The molecule has 0 aromatic rings. The molecule has 0 unspecified atom stereocenters. The van der Waals surface area contributed by atoms with Crippen molar-refractivity contribution in [1.29, 1.82) is 0 Å². The summed E-state index contributed by atoms with van der Waals surface area (Å²) in [7, 11) is 0. The van der Waals surface area contributed by atoms with Crippen molar-refractivity contribution in [3.8, 4) is 0 Å². The first kappa shape index (κ1) is 11.3. The molecule has 0 aromatic heterocycles. The Kier molecular flexibility index (Phi) is 4.65. The van der Waals surface area contributed by atoms with Gasteiger partial charge in [0.2, 0.25) is 0 Å². The van der Waals surface area contributed by atoms with Crippen LogP contribution >= 0.6 is 0 Å². The van der Waals surface area contributed by atoms with Crippen LogP contribution in [0, 0.1) is 0 Å². The molecular weight excluding hydrogens is 275 g/mol. The molecule has 2 fully saturated rings. The van der Waals surface area contributed by atoms with E-state index in [1.807, 2.05) is 0 Å². The predicted octanol–water partition coefficient (Wildman–Crippen LogP) is 4.51. The zero-order chi connectivity index (χ0) is 9.80. The first-order chi connectivity index (χ1) is 6.88. The third-order valence-electron chi connectivity index (χ3n) is 4.79. The molecule has 2 rings (SSSR count). The Morgan fingerprint density at radius 2 is 1.00 bits per heavy atom. The van der Waals surface area contributed by atoms with Gasteiger partial charge >= 0.3 is 96.8 Å². The third kappa shape index (κ3) is 2.90. The van der Waals surface area contributed by atoms with Crippen LogP contribution in [-0.2, 0) is 0 Å². The Morgan fingerprint density at radius 3 is 1.36 bits per heavy atom. The van der Waals surface area contributed by atoms with Crippen LogP contribution < -0.4 is 0 Å². The molecular formula is C13H26Sn. The van der Waals surface area contributed by atoms with Crippen molar-refractivity contribution in [2.24, 2.45) is 0 Å². The standard InChI is InChI=1S/2C6H11.CH3.Sn.H/c2*1-2-4-6-5-3-1;;;/h2*1H,2-6H2;1H3;;. The second kappa shape index (κ2) is 5.77. The molecule has 0 saturated heterocycles. The van der Waals surface area contributed by atoms with Crippen molar-refractivity contribution >= 4 is 19.8 Å². The van der Waals surface area contributed by atoms with Crippen LogP contribution in [-0.4, -0.2) is 19.8 Å². The summed E-state index contributed by atoms with van der Waals surface area (Å²) in [4.78, 5) is 2.76. The third-order valence-corrected chi connectivity index (χ3v) is 17.1. The molecule has 0 radical (unpaired) electrons. The van der Waals surface area contributed by atoms with Crippen LogP contribution in [0.15, 0.2) is 0 Å². The van der Waals surface area contributed by atoms with Crippen molar-refractivity contribution in [1.82, 2.24) is 0 Å². The van der Waals surface area contributed by atoms with E-state index in [1.165, 1.54) is 7.87 Å². The summed E-state index contributed by atoms with van der Waals surface area (Å²) in [6.45, 7) is 0. The van der Waals surface area contributed by atoms with Gasteiger partial charge in [0.05, 0.1) is 0 Å². The van der Waals surface area contributed by atoms with Crippen molar-refractivity contribution in [2.45, 2.75) is 77.0 Å². The second-order valence-electron chi connectivity index (χ2n) is 5.66. The average molecular weight is 301 g/mol. The zero-order valence-corrected chi connectivity index (χ0v) is 13.1. The Labute approximate surface area is 96.6 Å². The van der Waals surface area contributed by atoms with Crippen LogP contribution in [0.5, 0.6) is 0 Å². The SMILES string of the molecule is [CH3][SnH]([CH]1CCCCC1)[CH]1CCCCC1. The summed E-state index contributed by atoms with van der Waals surface area (Å²) in [5.74, 6) is 0. The van der Waals surface area contributed by atoms with E-state index >= 15 is 0 Å². The van der Waals surface area contributed by atoms with E-state index in [-0.39, 0.29) is 0 Å². The van der Waals surface area contributed by atoms with Gasteiger partial charge in [-0.2, -0.15) is 0 Å². The predicted molar refractivity (Wildman–Crippen MR) is 66.7 cm³/mol. The van der Waals surface area contributed by atoms with Gasteiger partial charge in [0, 0.05) is 0 Å². The van der Waals surface area contributed by atoms with Gasteiger partial charge < -0.3 is 0 Å². The van der Waals surface area contributed by atoms with Gasteiger partial charge in [-0.1, -0.05) is 0 Å². The molecule has 0 amide bonds. The molecule has 0 heterocycles. The maximum atomic E-state index is 2.76. The minimum atomic E-state index is -1.08. The molecule has 2 aliphatic carbocycles. The molecule has 0 N–H and O–H groups in total. The first-order valence-corrected chi connectivity index (χ1v) is 14.0. The molecule has 82 valence electrons. The molecule has 0 aliphatic heterocycles. The van der Waals surface area contributed by atoms with Gasteiger partial charge in [-0.15, -0.1) is 0 Å². The number of hydrogen-bond acceptors (Lipinski definition) is 0. The Bertz CT molecular complexity index is 137. The Hall–Kier alpha value is 0.799. The average Bonchev–Trinajstić information content (AvgIpc) is 2.30. The number of rotatable bonds is 2. The fraction of sp³-hybridized carbons (Fsp3) is 1.00. The van der Waals surface area contributed by atoms with E-state index in [0.717, 1.165) is 0 Å². The summed E-state index contributed by atoms with van der Waals surface area (Å²) >= 11 is -1.08. The summed E-state index contributed by atoms with van der Waals surface area (Å²) < 4.78 is 2.60. The summed E-state index contributed by atoms with van der Waals surface area (Å²) in [5.41, 5.74) is 0. The maximum absolute atomic E-state index is 2.76. The van der Waals surface area contributed by atoms with Crippen LogP contribution in [0.3, 0.4) is 0 Å².